The molecule has 0 radical (unpaired) electrons. The second kappa shape index (κ2) is 29.4. The standard InChI is InChI=1S/2C9H18O2.C8H16O2/c1-4-6-8(3)7-9(10)11-5-2;1-3-5-6-7-8-9(10)11-4-2;1-3-5-6-7-8(9)10-4-2/h8H,4-7H2,1-3H3;3-8H2,1-2H3;3-7H2,1-2H3. The minimum atomic E-state index is -0.0616. The van der Waals surface area contributed by atoms with E-state index in [9.17, 15) is 14.4 Å². The number of unbranched alkanes of at least 4 members (excludes halogenated alkanes) is 5. The Labute approximate surface area is 198 Å². The Hall–Kier alpha value is -1.59. The van der Waals surface area contributed by atoms with Gasteiger partial charge in [0, 0.05) is 19.3 Å². The molecule has 0 aliphatic rings. The number of carbonyl (C=O) groups excluding carboxylic acids is 3. The van der Waals surface area contributed by atoms with Crippen LogP contribution in [0.15, 0.2) is 0 Å². The lowest BCUT2D eigenvalue weighted by Crippen LogP contribution is -2.08. The van der Waals surface area contributed by atoms with E-state index in [-0.39, 0.29) is 17.9 Å². The van der Waals surface area contributed by atoms with Crippen LogP contribution in [0.3, 0.4) is 0 Å². The zero-order chi connectivity index (χ0) is 25.0. The number of rotatable bonds is 16. The van der Waals surface area contributed by atoms with E-state index >= 15 is 0 Å². The largest absolute Gasteiger partial charge is 0.466 e. The van der Waals surface area contributed by atoms with Crippen LogP contribution in [-0.2, 0) is 28.6 Å². The topological polar surface area (TPSA) is 78.9 Å². The molecule has 0 saturated heterocycles. The van der Waals surface area contributed by atoms with Crippen LogP contribution in [0.2, 0.25) is 0 Å². The average molecular weight is 461 g/mol. The SMILES string of the molecule is CCCC(C)CC(=O)OCC.CCCCCC(=O)OCC.CCCCCCC(=O)OCC. The van der Waals surface area contributed by atoms with Crippen molar-refractivity contribution in [3.05, 3.63) is 0 Å². The van der Waals surface area contributed by atoms with Crippen molar-refractivity contribution >= 4 is 17.9 Å². The second-order valence-corrected chi connectivity index (χ2v) is 7.78. The molecule has 0 fully saturated rings. The van der Waals surface area contributed by atoms with Crippen LogP contribution in [0.25, 0.3) is 0 Å². The first-order valence-electron chi connectivity index (χ1n) is 12.8. The van der Waals surface area contributed by atoms with Gasteiger partial charge in [-0.15, -0.1) is 0 Å². The van der Waals surface area contributed by atoms with E-state index in [1.165, 1.54) is 12.8 Å². The third-order valence-electron chi connectivity index (χ3n) is 4.43. The van der Waals surface area contributed by atoms with Crippen LogP contribution in [-0.4, -0.2) is 37.7 Å². The van der Waals surface area contributed by atoms with Crippen LogP contribution < -0.4 is 0 Å². The van der Waals surface area contributed by atoms with Crippen molar-refractivity contribution < 1.29 is 28.6 Å². The number of carbonyl (C=O) groups is 3. The van der Waals surface area contributed by atoms with Crippen LogP contribution in [0.4, 0.5) is 0 Å². The smallest absolute Gasteiger partial charge is 0.306 e. The Balaban J connectivity index is -0.000000395. The first kappa shape index (κ1) is 35.0. The first-order chi connectivity index (χ1) is 15.3. The van der Waals surface area contributed by atoms with Crippen molar-refractivity contribution in [3.63, 3.8) is 0 Å². The summed E-state index contributed by atoms with van der Waals surface area (Å²) < 4.78 is 14.4. The molecule has 0 aromatic heterocycles. The van der Waals surface area contributed by atoms with E-state index in [0.29, 0.717) is 45.0 Å². The minimum Gasteiger partial charge on any atom is -0.466 e. The molecule has 0 saturated carbocycles. The maximum atomic E-state index is 10.9. The zero-order valence-electron chi connectivity index (χ0n) is 22.1. The first-order valence-corrected chi connectivity index (χ1v) is 12.8. The van der Waals surface area contributed by atoms with Crippen LogP contribution in [0, 0.1) is 5.92 Å². The Morgan fingerprint density at radius 1 is 0.562 bits per heavy atom. The molecule has 0 aromatic carbocycles. The van der Waals surface area contributed by atoms with Gasteiger partial charge in [-0.25, -0.2) is 0 Å². The van der Waals surface area contributed by atoms with Gasteiger partial charge in [-0.05, 0) is 39.5 Å². The minimum absolute atomic E-state index is 0.0522. The molecule has 0 rings (SSSR count). The normalized spacial score (nSPS) is 10.6. The molecule has 0 amide bonds. The maximum absolute atomic E-state index is 10.9. The van der Waals surface area contributed by atoms with E-state index < -0.39 is 0 Å². The highest BCUT2D eigenvalue weighted by Crippen LogP contribution is 2.10. The molecule has 32 heavy (non-hydrogen) atoms. The summed E-state index contributed by atoms with van der Waals surface area (Å²) in [5.74, 6) is 0.298. The van der Waals surface area contributed by atoms with Crippen molar-refractivity contribution in [1.29, 1.82) is 0 Å². The van der Waals surface area contributed by atoms with Gasteiger partial charge in [-0.2, -0.15) is 0 Å². The molecule has 0 bridgehead atoms. The molecule has 192 valence electrons. The summed E-state index contributed by atoms with van der Waals surface area (Å²) in [6, 6.07) is 0. The predicted octanol–water partition coefficient (Wildman–Crippen LogP) is 7.03. The molecule has 0 spiro atoms. The fourth-order valence-corrected chi connectivity index (χ4v) is 2.78. The van der Waals surface area contributed by atoms with Crippen molar-refractivity contribution in [1.82, 2.24) is 0 Å². The quantitative estimate of drug-likeness (QED) is 0.140. The van der Waals surface area contributed by atoms with E-state index in [2.05, 4.69) is 27.7 Å². The summed E-state index contributed by atoms with van der Waals surface area (Å²) in [6.45, 7) is 15.5. The van der Waals surface area contributed by atoms with Gasteiger partial charge < -0.3 is 14.2 Å². The Morgan fingerprint density at radius 3 is 1.38 bits per heavy atom. The molecule has 0 aromatic rings. The molecule has 0 N–H and O–H groups in total. The van der Waals surface area contributed by atoms with Gasteiger partial charge in [0.1, 0.15) is 0 Å². The van der Waals surface area contributed by atoms with Crippen molar-refractivity contribution in [2.45, 2.75) is 126 Å². The highest BCUT2D eigenvalue weighted by molar-refractivity contribution is 5.69. The Morgan fingerprint density at radius 2 is 0.969 bits per heavy atom. The van der Waals surface area contributed by atoms with Crippen LogP contribution >= 0.6 is 0 Å². The van der Waals surface area contributed by atoms with E-state index in [4.69, 9.17) is 14.2 Å². The summed E-state index contributed by atoms with van der Waals surface area (Å²) in [7, 11) is 0. The lowest BCUT2D eigenvalue weighted by molar-refractivity contribution is -0.144. The highest BCUT2D eigenvalue weighted by Gasteiger charge is 2.07. The summed E-state index contributed by atoms with van der Waals surface area (Å²) >= 11 is 0. The van der Waals surface area contributed by atoms with Gasteiger partial charge in [-0.3, -0.25) is 14.4 Å². The number of hydrogen-bond acceptors (Lipinski definition) is 6. The molecule has 1 atom stereocenters. The third kappa shape index (κ3) is 33.1. The highest BCUT2D eigenvalue weighted by atomic mass is 16.5. The fourth-order valence-electron chi connectivity index (χ4n) is 2.78. The molecule has 6 heteroatoms. The Bertz CT molecular complexity index is 423. The molecule has 0 aliphatic heterocycles. The van der Waals surface area contributed by atoms with Gasteiger partial charge in [0.25, 0.3) is 0 Å². The van der Waals surface area contributed by atoms with Gasteiger partial charge >= 0.3 is 17.9 Å². The summed E-state index contributed by atoms with van der Waals surface area (Å²) in [6.07, 6.45) is 11.8. The Kier molecular flexibility index (Phi) is 32.2. The molecular formula is C26H52O6. The molecule has 6 nitrogen and oxygen atoms in total. The monoisotopic (exact) mass is 460 g/mol. The van der Waals surface area contributed by atoms with Gasteiger partial charge in [0.2, 0.25) is 0 Å². The number of esters is 3. The van der Waals surface area contributed by atoms with Crippen molar-refractivity contribution in [3.8, 4) is 0 Å². The average Bonchev–Trinajstić information content (AvgIpc) is 2.73. The van der Waals surface area contributed by atoms with Crippen LogP contribution in [0.5, 0.6) is 0 Å². The molecule has 0 aliphatic carbocycles. The van der Waals surface area contributed by atoms with Gasteiger partial charge in [-0.1, -0.05) is 72.6 Å². The van der Waals surface area contributed by atoms with Crippen molar-refractivity contribution in [2.75, 3.05) is 19.8 Å². The number of hydrogen-bond donors (Lipinski definition) is 0. The van der Waals surface area contributed by atoms with E-state index in [0.717, 1.165) is 44.9 Å². The zero-order valence-corrected chi connectivity index (χ0v) is 22.1. The van der Waals surface area contributed by atoms with Gasteiger partial charge in [0.15, 0.2) is 0 Å². The lowest BCUT2D eigenvalue weighted by Gasteiger charge is -2.07. The van der Waals surface area contributed by atoms with Gasteiger partial charge in [0.05, 0.1) is 19.8 Å². The van der Waals surface area contributed by atoms with Crippen molar-refractivity contribution in [2.24, 2.45) is 5.92 Å². The number of ether oxygens (including phenoxy) is 3. The van der Waals surface area contributed by atoms with E-state index in [1.807, 2.05) is 20.8 Å². The maximum Gasteiger partial charge on any atom is 0.306 e. The second-order valence-electron chi connectivity index (χ2n) is 7.78. The fraction of sp³-hybridized carbons (Fsp3) is 0.885. The summed E-state index contributed by atoms with van der Waals surface area (Å²) in [5, 5.41) is 0. The molecule has 1 unspecified atom stereocenters. The third-order valence-corrected chi connectivity index (χ3v) is 4.43. The molecular weight excluding hydrogens is 408 g/mol. The summed E-state index contributed by atoms with van der Waals surface area (Å²) in [5.41, 5.74) is 0. The summed E-state index contributed by atoms with van der Waals surface area (Å²) in [4.78, 5) is 32.4. The molecule has 0 heterocycles. The van der Waals surface area contributed by atoms with Crippen LogP contribution in [0.1, 0.15) is 126 Å². The lowest BCUT2D eigenvalue weighted by atomic mass is 10.0. The van der Waals surface area contributed by atoms with E-state index in [1.54, 1.807) is 0 Å². The predicted molar refractivity (Wildman–Crippen MR) is 131 cm³/mol.